The van der Waals surface area contributed by atoms with Crippen molar-refractivity contribution in [1.29, 1.82) is 0 Å². The highest BCUT2D eigenvalue weighted by Crippen LogP contribution is 2.33. The van der Waals surface area contributed by atoms with Gasteiger partial charge >= 0.3 is 4.83 Å². The van der Waals surface area contributed by atoms with Gasteiger partial charge < -0.3 is 4.98 Å². The second-order valence-electron chi connectivity index (χ2n) is 2.72. The average Bonchev–Trinajstić information content (AvgIpc) is 2.48. The molecule has 0 fully saturated rings. The molecule has 0 saturated carbocycles. The third-order valence-corrected chi connectivity index (χ3v) is 2.11. The van der Waals surface area contributed by atoms with Gasteiger partial charge in [0.15, 0.2) is 11.6 Å². The van der Waals surface area contributed by atoms with Crippen LogP contribution in [0.4, 0.5) is 13.2 Å². The van der Waals surface area contributed by atoms with Crippen LogP contribution in [0.3, 0.4) is 0 Å². The number of imidazole rings is 1. The third-order valence-electron chi connectivity index (χ3n) is 1.73. The lowest BCUT2D eigenvalue weighted by atomic mass is 10.3. The quantitative estimate of drug-likeness (QED) is 0.788. The Morgan fingerprint density at radius 1 is 1.36 bits per heavy atom. The number of para-hydroxylation sites is 1. The number of nitrogens with one attached hydrogen (secondary N) is 1. The fourth-order valence-corrected chi connectivity index (χ4v) is 1.32. The fourth-order valence-electron chi connectivity index (χ4n) is 1.13. The summed E-state index contributed by atoms with van der Waals surface area (Å²) in [5.74, 6) is -1.22. The number of rotatable bonds is 1. The Hall–Kier alpha value is -1.04. The first-order valence-corrected chi connectivity index (χ1v) is 4.49. The maximum atomic E-state index is 13.0. The monoisotopic (exact) mass is 264 g/mol. The van der Waals surface area contributed by atoms with Gasteiger partial charge in [-0.1, -0.05) is 6.07 Å². The number of halogens is 4. The van der Waals surface area contributed by atoms with Crippen molar-refractivity contribution in [2.75, 3.05) is 0 Å². The molecule has 2 nitrogen and oxygen atoms in total. The summed E-state index contributed by atoms with van der Waals surface area (Å²) in [4.78, 5) is 2.52. The van der Waals surface area contributed by atoms with Crippen molar-refractivity contribution in [2.24, 2.45) is 0 Å². The maximum Gasteiger partial charge on any atom is 0.358 e. The van der Waals surface area contributed by atoms with Crippen molar-refractivity contribution in [3.63, 3.8) is 0 Å². The Kier molecular flexibility index (Phi) is 2.02. The number of nitrogens with zero attached hydrogens (tertiary/aromatic N) is 1. The number of aromatic amines is 1. The Morgan fingerprint density at radius 3 is 2.64 bits per heavy atom. The topological polar surface area (TPSA) is 28.7 Å². The first-order valence-electron chi connectivity index (χ1n) is 3.70. The first kappa shape index (κ1) is 9.51. The first-order chi connectivity index (χ1) is 6.48. The van der Waals surface area contributed by atoms with Crippen LogP contribution in [0, 0.1) is 5.82 Å². The summed E-state index contributed by atoms with van der Waals surface area (Å²) in [5.41, 5.74) is 0.167. The lowest BCUT2D eigenvalue weighted by Crippen LogP contribution is -2.04. The minimum Gasteiger partial charge on any atom is -0.336 e. The number of hydrogen-bond donors (Lipinski definition) is 1. The molecule has 0 bridgehead atoms. The number of fused-ring (bicyclic) bond motifs is 1. The Morgan fingerprint density at radius 2 is 2.07 bits per heavy atom. The minimum absolute atomic E-state index is 0.0818. The predicted octanol–water partition coefficient (Wildman–Crippen LogP) is 3.15. The van der Waals surface area contributed by atoms with E-state index < -0.39 is 16.5 Å². The van der Waals surface area contributed by atoms with Crippen molar-refractivity contribution in [3.05, 3.63) is 29.8 Å². The molecule has 1 aromatic carbocycles. The summed E-state index contributed by atoms with van der Waals surface area (Å²) in [6.45, 7) is 0. The molecule has 0 saturated heterocycles. The van der Waals surface area contributed by atoms with Gasteiger partial charge in [-0.05, 0) is 28.1 Å². The van der Waals surface area contributed by atoms with Crippen LogP contribution in [0.2, 0.25) is 0 Å². The fraction of sp³-hybridized carbons (Fsp3) is 0.125. The van der Waals surface area contributed by atoms with Gasteiger partial charge in [-0.25, -0.2) is 9.37 Å². The lowest BCUT2D eigenvalue weighted by Gasteiger charge is -2.01. The second-order valence-corrected chi connectivity index (χ2v) is 3.72. The van der Waals surface area contributed by atoms with E-state index in [1.54, 1.807) is 0 Å². The summed E-state index contributed by atoms with van der Waals surface area (Å²) in [6.07, 6.45) is 0. The van der Waals surface area contributed by atoms with E-state index in [9.17, 15) is 13.2 Å². The van der Waals surface area contributed by atoms with Crippen molar-refractivity contribution in [2.45, 2.75) is 4.83 Å². The van der Waals surface area contributed by atoms with Crippen LogP contribution in [0.5, 0.6) is 0 Å². The lowest BCUT2D eigenvalue weighted by molar-refractivity contribution is 0.105. The number of alkyl halides is 3. The Bertz CT molecular complexity index is 475. The van der Waals surface area contributed by atoms with Gasteiger partial charge in [0, 0.05) is 0 Å². The molecule has 2 rings (SSSR count). The molecule has 0 amide bonds. The molecule has 74 valence electrons. The Balaban J connectivity index is 2.69. The van der Waals surface area contributed by atoms with Crippen molar-refractivity contribution < 1.29 is 13.2 Å². The molecule has 1 heterocycles. The maximum absolute atomic E-state index is 13.0. The number of hydrogen-bond acceptors (Lipinski definition) is 1. The molecule has 1 aromatic heterocycles. The molecule has 1 N–H and O–H groups in total. The van der Waals surface area contributed by atoms with E-state index >= 15 is 0 Å². The molecular formula is C8H4BrF3N2. The molecule has 0 aliphatic rings. The van der Waals surface area contributed by atoms with Crippen LogP contribution in [0.25, 0.3) is 11.0 Å². The standard InChI is InChI=1S/C8H4BrF3N2/c9-8(11,12)7-13-5-3-1-2-4(10)6(5)14-7/h1-3H,(H,13,14). The van der Waals surface area contributed by atoms with Gasteiger partial charge in [0.1, 0.15) is 5.52 Å². The summed E-state index contributed by atoms with van der Waals surface area (Å²) in [6, 6.07) is 4.07. The normalized spacial score (nSPS) is 12.3. The molecule has 0 unspecified atom stereocenters. The van der Waals surface area contributed by atoms with Crippen molar-refractivity contribution in [1.82, 2.24) is 9.97 Å². The van der Waals surface area contributed by atoms with Crippen LogP contribution < -0.4 is 0 Å². The minimum atomic E-state index is -3.27. The largest absolute Gasteiger partial charge is 0.358 e. The van der Waals surface area contributed by atoms with Crippen LogP contribution in [-0.2, 0) is 4.83 Å². The predicted molar refractivity (Wildman–Crippen MR) is 48.9 cm³/mol. The Labute approximate surface area is 85.3 Å². The van der Waals surface area contributed by atoms with Gasteiger partial charge in [-0.15, -0.1) is 0 Å². The van der Waals surface area contributed by atoms with E-state index in [-0.39, 0.29) is 11.0 Å². The van der Waals surface area contributed by atoms with Crippen molar-refractivity contribution >= 4 is 27.0 Å². The molecule has 14 heavy (non-hydrogen) atoms. The van der Waals surface area contributed by atoms with Gasteiger partial charge in [-0.3, -0.25) is 0 Å². The van der Waals surface area contributed by atoms with E-state index in [1.165, 1.54) is 18.2 Å². The molecule has 0 aliphatic carbocycles. The van der Waals surface area contributed by atoms with E-state index in [1.807, 2.05) is 0 Å². The zero-order valence-corrected chi connectivity index (χ0v) is 8.28. The van der Waals surface area contributed by atoms with E-state index in [0.29, 0.717) is 0 Å². The van der Waals surface area contributed by atoms with Crippen LogP contribution in [-0.4, -0.2) is 9.97 Å². The highest BCUT2D eigenvalue weighted by molar-refractivity contribution is 9.09. The average molecular weight is 265 g/mol. The summed E-state index contributed by atoms with van der Waals surface area (Å²) in [7, 11) is 0. The van der Waals surface area contributed by atoms with E-state index in [2.05, 4.69) is 25.9 Å². The van der Waals surface area contributed by atoms with E-state index in [0.717, 1.165) is 0 Å². The highest BCUT2D eigenvalue weighted by atomic mass is 79.9. The molecule has 2 aromatic rings. The molecule has 0 atom stereocenters. The number of aromatic nitrogens is 2. The molecule has 0 radical (unpaired) electrons. The van der Waals surface area contributed by atoms with Crippen LogP contribution >= 0.6 is 15.9 Å². The van der Waals surface area contributed by atoms with Crippen molar-refractivity contribution in [3.8, 4) is 0 Å². The van der Waals surface area contributed by atoms with E-state index in [4.69, 9.17) is 0 Å². The smallest absolute Gasteiger partial charge is 0.336 e. The molecule has 6 heteroatoms. The van der Waals surface area contributed by atoms with Gasteiger partial charge in [-0.2, -0.15) is 8.78 Å². The van der Waals surface area contributed by atoms with Gasteiger partial charge in [0.2, 0.25) is 0 Å². The SMILES string of the molecule is Fc1cccc2[nH]c(C(F)(F)Br)nc12. The summed E-state index contributed by atoms with van der Waals surface area (Å²) in [5, 5.41) is 0. The van der Waals surface area contributed by atoms with Gasteiger partial charge in [0.25, 0.3) is 0 Å². The molecular weight excluding hydrogens is 261 g/mol. The highest BCUT2D eigenvalue weighted by Gasteiger charge is 2.31. The number of H-pyrrole nitrogens is 1. The van der Waals surface area contributed by atoms with Crippen LogP contribution in [0.15, 0.2) is 18.2 Å². The molecule has 0 aliphatic heterocycles. The van der Waals surface area contributed by atoms with Gasteiger partial charge in [0.05, 0.1) is 5.52 Å². The van der Waals surface area contributed by atoms with Crippen LogP contribution in [0.1, 0.15) is 5.82 Å². The zero-order valence-electron chi connectivity index (χ0n) is 6.69. The second kappa shape index (κ2) is 2.98. The molecule has 0 spiro atoms. The number of benzene rings is 1. The summed E-state index contributed by atoms with van der Waals surface area (Å²) >= 11 is 2.14. The third kappa shape index (κ3) is 1.50. The zero-order chi connectivity index (χ0) is 10.3. The summed E-state index contributed by atoms with van der Waals surface area (Å²) < 4.78 is 38.5.